The van der Waals surface area contributed by atoms with Gasteiger partial charge in [0.15, 0.2) is 5.78 Å². The van der Waals surface area contributed by atoms with Gasteiger partial charge in [-0.2, -0.15) is 0 Å². The van der Waals surface area contributed by atoms with Crippen LogP contribution in [-0.4, -0.2) is 55.9 Å². The van der Waals surface area contributed by atoms with Gasteiger partial charge in [0.1, 0.15) is 5.82 Å². The van der Waals surface area contributed by atoms with E-state index in [1.54, 1.807) is 12.1 Å². The Morgan fingerprint density at radius 1 is 1.53 bits per heavy atom. The number of rotatable bonds is 5. The maximum atomic E-state index is 13.1. The molecule has 1 heterocycles. The van der Waals surface area contributed by atoms with E-state index in [-0.39, 0.29) is 11.6 Å². The van der Waals surface area contributed by atoms with E-state index in [4.69, 9.17) is 0 Å². The highest BCUT2D eigenvalue weighted by Crippen LogP contribution is 2.15. The number of ketones is 1. The third kappa shape index (κ3) is 4.11. The van der Waals surface area contributed by atoms with Gasteiger partial charge >= 0.3 is 0 Å². The second-order valence-corrected chi connectivity index (χ2v) is 5.55. The van der Waals surface area contributed by atoms with Crippen LogP contribution in [0.2, 0.25) is 0 Å². The van der Waals surface area contributed by atoms with Crippen molar-refractivity contribution in [1.82, 2.24) is 9.80 Å². The zero-order valence-electron chi connectivity index (χ0n) is 11.6. The van der Waals surface area contributed by atoms with Crippen LogP contribution < -0.4 is 0 Å². The molecule has 0 saturated carbocycles. The number of hydrogen-bond donors (Lipinski definition) is 0. The molecule has 3 nitrogen and oxygen atoms in total. The van der Waals surface area contributed by atoms with Gasteiger partial charge in [0.2, 0.25) is 0 Å². The number of halogens is 1. The SMILES string of the molecule is CN1CCC(CN(C)CC(=O)c2cccc(F)c2)C1. The molecule has 0 amide bonds. The summed E-state index contributed by atoms with van der Waals surface area (Å²) in [6, 6.07) is 5.91. The largest absolute Gasteiger partial charge is 0.306 e. The summed E-state index contributed by atoms with van der Waals surface area (Å²) in [7, 11) is 4.08. The average Bonchev–Trinajstić information content (AvgIpc) is 2.74. The van der Waals surface area contributed by atoms with Crippen LogP contribution >= 0.6 is 0 Å². The molecule has 0 aromatic heterocycles. The van der Waals surface area contributed by atoms with Crippen molar-refractivity contribution in [2.75, 3.05) is 40.3 Å². The lowest BCUT2D eigenvalue weighted by molar-refractivity contribution is 0.0938. The summed E-state index contributed by atoms with van der Waals surface area (Å²) in [5, 5.41) is 0. The lowest BCUT2D eigenvalue weighted by atomic mass is 10.1. The van der Waals surface area contributed by atoms with Crippen molar-refractivity contribution < 1.29 is 9.18 Å². The second-order valence-electron chi connectivity index (χ2n) is 5.55. The van der Waals surface area contributed by atoms with E-state index in [2.05, 4.69) is 11.9 Å². The van der Waals surface area contributed by atoms with Crippen LogP contribution in [0.3, 0.4) is 0 Å². The van der Waals surface area contributed by atoms with E-state index >= 15 is 0 Å². The Balaban J connectivity index is 1.85. The number of Topliss-reactive ketones (excluding diaryl/α,β-unsaturated/α-hetero) is 1. The molecule has 0 N–H and O–H groups in total. The number of hydrogen-bond acceptors (Lipinski definition) is 3. The highest BCUT2D eigenvalue weighted by Gasteiger charge is 2.21. The average molecular weight is 264 g/mol. The molecule has 1 unspecified atom stereocenters. The maximum Gasteiger partial charge on any atom is 0.176 e. The first-order chi connectivity index (χ1) is 9.04. The standard InChI is InChI=1S/C15H21FN2O/c1-17-7-6-12(9-17)10-18(2)11-15(19)13-4-3-5-14(16)8-13/h3-5,8,12H,6-7,9-11H2,1-2H3. The van der Waals surface area contributed by atoms with Crippen molar-refractivity contribution in [3.05, 3.63) is 35.6 Å². The van der Waals surface area contributed by atoms with Gasteiger partial charge in [-0.3, -0.25) is 9.69 Å². The summed E-state index contributed by atoms with van der Waals surface area (Å²) in [6.07, 6.45) is 1.19. The van der Waals surface area contributed by atoms with Crippen LogP contribution in [0.25, 0.3) is 0 Å². The van der Waals surface area contributed by atoms with Crippen LogP contribution in [0.15, 0.2) is 24.3 Å². The van der Waals surface area contributed by atoms with E-state index < -0.39 is 0 Å². The molecule has 1 aliphatic heterocycles. The van der Waals surface area contributed by atoms with Crippen LogP contribution in [-0.2, 0) is 0 Å². The van der Waals surface area contributed by atoms with Crippen LogP contribution in [0.5, 0.6) is 0 Å². The Hall–Kier alpha value is -1.26. The minimum absolute atomic E-state index is 0.0200. The number of carbonyl (C=O) groups excluding carboxylic acids is 1. The van der Waals surface area contributed by atoms with E-state index in [0.29, 0.717) is 18.0 Å². The van der Waals surface area contributed by atoms with E-state index in [9.17, 15) is 9.18 Å². The molecule has 0 aliphatic carbocycles. The van der Waals surface area contributed by atoms with E-state index in [1.165, 1.54) is 18.6 Å². The zero-order chi connectivity index (χ0) is 13.8. The fourth-order valence-electron chi connectivity index (χ4n) is 2.68. The third-order valence-corrected chi connectivity index (χ3v) is 3.62. The quantitative estimate of drug-likeness (QED) is 0.759. The van der Waals surface area contributed by atoms with Crippen molar-refractivity contribution in [1.29, 1.82) is 0 Å². The zero-order valence-corrected chi connectivity index (χ0v) is 11.6. The fourth-order valence-corrected chi connectivity index (χ4v) is 2.68. The highest BCUT2D eigenvalue weighted by molar-refractivity contribution is 5.97. The summed E-state index contributed by atoms with van der Waals surface area (Å²) >= 11 is 0. The first kappa shape index (κ1) is 14.2. The molecule has 1 fully saturated rings. The summed E-state index contributed by atoms with van der Waals surface area (Å²) in [5.74, 6) is 0.259. The Bertz CT molecular complexity index is 450. The number of likely N-dealkylation sites (tertiary alicyclic amines) is 1. The minimum Gasteiger partial charge on any atom is -0.306 e. The molecule has 2 rings (SSSR count). The fraction of sp³-hybridized carbons (Fsp3) is 0.533. The molecule has 1 aromatic carbocycles. The van der Waals surface area contributed by atoms with Gasteiger partial charge in [0, 0.05) is 18.7 Å². The van der Waals surface area contributed by atoms with Crippen molar-refractivity contribution in [3.63, 3.8) is 0 Å². The molecular weight excluding hydrogens is 243 g/mol. The van der Waals surface area contributed by atoms with Crippen molar-refractivity contribution in [2.24, 2.45) is 5.92 Å². The van der Waals surface area contributed by atoms with E-state index in [1.807, 2.05) is 11.9 Å². The Morgan fingerprint density at radius 3 is 2.95 bits per heavy atom. The van der Waals surface area contributed by atoms with Crippen molar-refractivity contribution in [3.8, 4) is 0 Å². The molecule has 1 aromatic rings. The monoisotopic (exact) mass is 264 g/mol. The lowest BCUT2D eigenvalue weighted by Gasteiger charge is -2.20. The normalized spacial score (nSPS) is 20.1. The number of nitrogens with zero attached hydrogens (tertiary/aromatic N) is 2. The number of carbonyl (C=O) groups is 1. The van der Waals surface area contributed by atoms with Gasteiger partial charge in [-0.25, -0.2) is 4.39 Å². The lowest BCUT2D eigenvalue weighted by Crippen LogP contribution is -2.32. The van der Waals surface area contributed by atoms with Crippen LogP contribution in [0, 0.1) is 11.7 Å². The second kappa shape index (κ2) is 6.26. The molecule has 19 heavy (non-hydrogen) atoms. The van der Waals surface area contributed by atoms with Gasteiger partial charge in [-0.15, -0.1) is 0 Å². The first-order valence-corrected chi connectivity index (χ1v) is 6.70. The van der Waals surface area contributed by atoms with E-state index in [0.717, 1.165) is 19.6 Å². The summed E-state index contributed by atoms with van der Waals surface area (Å²) in [6.45, 7) is 3.50. The molecule has 4 heteroatoms. The Kier molecular flexibility index (Phi) is 4.66. The summed E-state index contributed by atoms with van der Waals surface area (Å²) < 4.78 is 13.1. The van der Waals surface area contributed by atoms with Crippen LogP contribution in [0.4, 0.5) is 4.39 Å². The van der Waals surface area contributed by atoms with Gasteiger partial charge < -0.3 is 4.90 Å². The van der Waals surface area contributed by atoms with Crippen molar-refractivity contribution in [2.45, 2.75) is 6.42 Å². The van der Waals surface area contributed by atoms with Gasteiger partial charge in [-0.1, -0.05) is 12.1 Å². The number of likely N-dealkylation sites (N-methyl/N-ethyl adjacent to an activating group) is 1. The van der Waals surface area contributed by atoms with Gasteiger partial charge in [0.25, 0.3) is 0 Å². The smallest absolute Gasteiger partial charge is 0.176 e. The molecule has 104 valence electrons. The van der Waals surface area contributed by atoms with Gasteiger partial charge in [-0.05, 0) is 45.1 Å². The van der Waals surface area contributed by atoms with Gasteiger partial charge in [0.05, 0.1) is 6.54 Å². The molecular formula is C15H21FN2O. The molecule has 1 aliphatic rings. The predicted molar refractivity (Wildman–Crippen MR) is 73.8 cm³/mol. The summed E-state index contributed by atoms with van der Waals surface area (Å²) in [4.78, 5) is 16.4. The predicted octanol–water partition coefficient (Wildman–Crippen LogP) is 1.89. The van der Waals surface area contributed by atoms with Crippen molar-refractivity contribution >= 4 is 5.78 Å². The Labute approximate surface area is 114 Å². The topological polar surface area (TPSA) is 23.6 Å². The minimum atomic E-state index is -0.356. The highest BCUT2D eigenvalue weighted by atomic mass is 19.1. The molecule has 1 atom stereocenters. The maximum absolute atomic E-state index is 13.1. The number of benzene rings is 1. The summed E-state index contributed by atoms with van der Waals surface area (Å²) in [5.41, 5.74) is 0.454. The molecule has 0 radical (unpaired) electrons. The third-order valence-electron chi connectivity index (χ3n) is 3.62. The first-order valence-electron chi connectivity index (χ1n) is 6.70. The van der Waals surface area contributed by atoms with Crippen LogP contribution in [0.1, 0.15) is 16.8 Å². The molecule has 1 saturated heterocycles. The molecule has 0 bridgehead atoms. The Morgan fingerprint density at radius 2 is 2.32 bits per heavy atom. The molecule has 0 spiro atoms.